The van der Waals surface area contributed by atoms with E-state index >= 15 is 0 Å². The van der Waals surface area contributed by atoms with E-state index in [9.17, 15) is 24.0 Å². The highest BCUT2D eigenvalue weighted by molar-refractivity contribution is 6.37. The number of Topliss-reactive ketones (excluding diaryl/α,β-unsaturated/α-hetero) is 1. The molecule has 2 saturated carbocycles. The number of ketones is 1. The van der Waals surface area contributed by atoms with Crippen LogP contribution < -0.4 is 10.6 Å². The standard InChI is InChI=1S/C23H35N3O7/c1-11(2)14(24-20(32)33-21(3,4)5)18(29)26-10-12-13(22(12,6)7)15(26)17(28)25-23(8-9-23)16(27)19(30)31/h11-15H,8-10H2,1-7H3,(H,24,32)(H,25,28)(H,30,31)/t12?,13?,14-,15-/m0/s1. The summed E-state index contributed by atoms with van der Waals surface area (Å²) >= 11 is 0. The number of hydrogen-bond acceptors (Lipinski definition) is 6. The quantitative estimate of drug-likeness (QED) is 0.481. The SMILES string of the molecule is CC(C)[C@H](NC(=O)OC(C)(C)C)C(=O)N1CC2C([C@H]1C(=O)NC1(C(=O)C(=O)O)CC1)C2(C)C. The summed E-state index contributed by atoms with van der Waals surface area (Å²) in [6.07, 6.45) is -0.197. The number of hydrogen-bond donors (Lipinski definition) is 3. The first kappa shape index (κ1) is 25.0. The molecule has 0 aromatic heterocycles. The first-order valence-corrected chi connectivity index (χ1v) is 11.4. The third kappa shape index (κ3) is 4.70. The lowest BCUT2D eigenvalue weighted by Gasteiger charge is -2.35. The number of carboxylic acids is 1. The van der Waals surface area contributed by atoms with Gasteiger partial charge < -0.3 is 25.4 Å². The topological polar surface area (TPSA) is 142 Å². The number of carbonyl (C=O) groups is 5. The van der Waals surface area contributed by atoms with Gasteiger partial charge in [0.25, 0.3) is 5.78 Å². The molecule has 0 aromatic rings. The number of carboxylic acid groups (broad SMARTS) is 1. The lowest BCUT2D eigenvalue weighted by molar-refractivity contribution is -0.151. The van der Waals surface area contributed by atoms with Gasteiger partial charge in [-0.15, -0.1) is 0 Å². The van der Waals surface area contributed by atoms with E-state index in [1.54, 1.807) is 34.6 Å². The maximum absolute atomic E-state index is 13.5. The van der Waals surface area contributed by atoms with Gasteiger partial charge in [0.2, 0.25) is 11.8 Å². The molecular formula is C23H35N3O7. The van der Waals surface area contributed by atoms with Crippen molar-refractivity contribution < 1.29 is 33.8 Å². The van der Waals surface area contributed by atoms with Crippen molar-refractivity contribution in [1.29, 1.82) is 0 Å². The molecular weight excluding hydrogens is 430 g/mol. The highest BCUT2D eigenvalue weighted by atomic mass is 16.6. The average Bonchev–Trinajstić information content (AvgIpc) is 3.47. The predicted octanol–water partition coefficient (Wildman–Crippen LogP) is 1.32. The lowest BCUT2D eigenvalue weighted by atomic mass is 9.97. The minimum absolute atomic E-state index is 0.105. The summed E-state index contributed by atoms with van der Waals surface area (Å²) in [5.41, 5.74) is -2.27. The molecule has 2 unspecified atom stereocenters. The Morgan fingerprint density at radius 2 is 1.67 bits per heavy atom. The second kappa shape index (κ2) is 7.99. The highest BCUT2D eigenvalue weighted by Gasteiger charge is 2.70. The monoisotopic (exact) mass is 465 g/mol. The van der Waals surface area contributed by atoms with Crippen LogP contribution in [-0.2, 0) is 23.9 Å². The van der Waals surface area contributed by atoms with E-state index in [1.807, 2.05) is 13.8 Å². The highest BCUT2D eigenvalue weighted by Crippen LogP contribution is 2.65. The Balaban J connectivity index is 1.80. The molecule has 1 aliphatic heterocycles. The van der Waals surface area contributed by atoms with Gasteiger partial charge in [-0.1, -0.05) is 27.7 Å². The molecule has 3 aliphatic rings. The maximum atomic E-state index is 13.5. The fraction of sp³-hybridized carbons (Fsp3) is 0.783. The summed E-state index contributed by atoms with van der Waals surface area (Å²) in [5.74, 6) is -3.80. The van der Waals surface area contributed by atoms with Crippen LogP contribution in [0, 0.1) is 23.2 Å². The van der Waals surface area contributed by atoms with E-state index in [-0.39, 0.29) is 36.0 Å². The van der Waals surface area contributed by atoms with E-state index in [0.29, 0.717) is 6.54 Å². The summed E-state index contributed by atoms with van der Waals surface area (Å²) in [4.78, 5) is 63.9. The van der Waals surface area contributed by atoms with Crippen molar-refractivity contribution in [1.82, 2.24) is 15.5 Å². The van der Waals surface area contributed by atoms with Gasteiger partial charge in [0.05, 0.1) is 0 Å². The number of amides is 3. The van der Waals surface area contributed by atoms with Crippen LogP contribution in [0.15, 0.2) is 0 Å². The molecule has 1 heterocycles. The number of rotatable bonds is 7. The van der Waals surface area contributed by atoms with Gasteiger partial charge >= 0.3 is 12.1 Å². The van der Waals surface area contributed by atoms with Crippen LogP contribution in [0.1, 0.15) is 61.3 Å². The number of carbonyl (C=O) groups excluding carboxylic acids is 4. The van der Waals surface area contributed by atoms with Crippen LogP contribution in [0.4, 0.5) is 4.79 Å². The van der Waals surface area contributed by atoms with Crippen LogP contribution in [0.3, 0.4) is 0 Å². The van der Waals surface area contributed by atoms with Crippen molar-refractivity contribution in [3.8, 4) is 0 Å². The fourth-order valence-electron chi connectivity index (χ4n) is 4.99. The Labute approximate surface area is 193 Å². The van der Waals surface area contributed by atoms with E-state index in [1.165, 1.54) is 4.90 Å². The molecule has 33 heavy (non-hydrogen) atoms. The number of ether oxygens (including phenoxy) is 1. The molecule has 0 bridgehead atoms. The predicted molar refractivity (Wildman–Crippen MR) is 117 cm³/mol. The van der Waals surface area contributed by atoms with Crippen molar-refractivity contribution in [2.24, 2.45) is 23.2 Å². The van der Waals surface area contributed by atoms with E-state index in [2.05, 4.69) is 10.6 Å². The minimum atomic E-state index is -1.58. The zero-order valence-corrected chi connectivity index (χ0v) is 20.4. The summed E-state index contributed by atoms with van der Waals surface area (Å²) < 4.78 is 5.30. The van der Waals surface area contributed by atoms with Crippen molar-refractivity contribution in [2.75, 3.05) is 6.54 Å². The summed E-state index contributed by atoms with van der Waals surface area (Å²) in [6.45, 7) is 13.2. The molecule has 4 atom stereocenters. The molecule has 10 nitrogen and oxygen atoms in total. The molecule has 3 rings (SSSR count). The summed E-state index contributed by atoms with van der Waals surface area (Å²) in [7, 11) is 0. The van der Waals surface area contributed by atoms with Gasteiger partial charge in [0, 0.05) is 6.54 Å². The smallest absolute Gasteiger partial charge is 0.408 e. The Morgan fingerprint density at radius 3 is 2.12 bits per heavy atom. The Morgan fingerprint density at radius 1 is 1.09 bits per heavy atom. The molecule has 3 amide bonds. The van der Waals surface area contributed by atoms with E-state index in [0.717, 1.165) is 0 Å². The number of alkyl carbamates (subject to hydrolysis) is 1. The van der Waals surface area contributed by atoms with Crippen LogP contribution in [-0.4, -0.2) is 69.4 Å². The van der Waals surface area contributed by atoms with Crippen LogP contribution in [0.25, 0.3) is 0 Å². The van der Waals surface area contributed by atoms with Gasteiger partial charge in [0.1, 0.15) is 23.2 Å². The molecule has 10 heteroatoms. The van der Waals surface area contributed by atoms with Gasteiger partial charge in [0.15, 0.2) is 0 Å². The Kier molecular flexibility index (Phi) is 6.05. The van der Waals surface area contributed by atoms with Crippen molar-refractivity contribution in [3.63, 3.8) is 0 Å². The molecule has 184 valence electrons. The third-order valence-electron chi connectivity index (χ3n) is 7.11. The van der Waals surface area contributed by atoms with Gasteiger partial charge in [-0.25, -0.2) is 9.59 Å². The van der Waals surface area contributed by atoms with Gasteiger partial charge in [-0.05, 0) is 56.8 Å². The van der Waals surface area contributed by atoms with Crippen molar-refractivity contribution in [2.45, 2.75) is 84.5 Å². The maximum Gasteiger partial charge on any atom is 0.408 e. The minimum Gasteiger partial charge on any atom is -0.475 e. The van der Waals surface area contributed by atoms with Gasteiger partial charge in [-0.3, -0.25) is 14.4 Å². The second-order valence-electron chi connectivity index (χ2n) is 11.5. The first-order chi connectivity index (χ1) is 15.0. The Hall–Kier alpha value is -2.65. The van der Waals surface area contributed by atoms with Crippen molar-refractivity contribution in [3.05, 3.63) is 0 Å². The molecule has 0 radical (unpaired) electrons. The number of nitrogens with one attached hydrogen (secondary N) is 2. The average molecular weight is 466 g/mol. The first-order valence-electron chi connectivity index (χ1n) is 11.4. The van der Waals surface area contributed by atoms with Gasteiger partial charge in [-0.2, -0.15) is 0 Å². The molecule has 3 fully saturated rings. The fourth-order valence-corrected chi connectivity index (χ4v) is 4.99. The van der Waals surface area contributed by atoms with Crippen molar-refractivity contribution >= 4 is 29.7 Å². The van der Waals surface area contributed by atoms with Crippen LogP contribution >= 0.6 is 0 Å². The molecule has 3 N–H and O–H groups in total. The normalized spacial score (nSPS) is 27.3. The third-order valence-corrected chi connectivity index (χ3v) is 7.11. The zero-order valence-electron chi connectivity index (χ0n) is 20.4. The molecule has 1 saturated heterocycles. The molecule has 0 aromatic carbocycles. The lowest BCUT2D eigenvalue weighted by Crippen LogP contribution is -2.59. The van der Waals surface area contributed by atoms with E-state index < -0.39 is 52.9 Å². The van der Waals surface area contributed by atoms with Crippen LogP contribution in [0.5, 0.6) is 0 Å². The number of piperidine rings is 1. The second-order valence-corrected chi connectivity index (χ2v) is 11.5. The summed E-state index contributed by atoms with van der Waals surface area (Å²) in [6, 6.07) is -1.73. The largest absolute Gasteiger partial charge is 0.475 e. The van der Waals surface area contributed by atoms with E-state index in [4.69, 9.17) is 9.84 Å². The number of nitrogens with zero attached hydrogens (tertiary/aromatic N) is 1. The Bertz CT molecular complexity index is 885. The molecule has 2 aliphatic carbocycles. The van der Waals surface area contributed by atoms with Crippen LogP contribution in [0.2, 0.25) is 0 Å². The number of fused-ring (bicyclic) bond motifs is 1. The zero-order chi connectivity index (χ0) is 25.1. The number of aliphatic carboxylic acids is 1. The summed E-state index contributed by atoms with van der Waals surface area (Å²) in [5, 5.41) is 14.4. The number of likely N-dealkylation sites (tertiary alicyclic amines) is 1. The molecule has 0 spiro atoms.